The second-order valence-electron chi connectivity index (χ2n) is 6.12. The summed E-state index contributed by atoms with van der Waals surface area (Å²) in [6.45, 7) is 8.91. The third kappa shape index (κ3) is 3.06. The van der Waals surface area contributed by atoms with E-state index >= 15 is 0 Å². The molecule has 0 spiro atoms. The number of amides is 2. The maximum Gasteiger partial charge on any atom is 0.318 e. The van der Waals surface area contributed by atoms with Crippen LogP contribution in [0.4, 0.5) is 4.79 Å². The Kier molecular flexibility index (Phi) is 4.31. The number of fused-ring (bicyclic) bond motifs is 1. The molecule has 8 nitrogen and oxygen atoms in total. The molecular formula is C15H23N7O. The summed E-state index contributed by atoms with van der Waals surface area (Å²) in [7, 11) is 0. The summed E-state index contributed by atoms with van der Waals surface area (Å²) in [5.41, 5.74) is 0. The molecule has 0 aromatic carbocycles. The van der Waals surface area contributed by atoms with E-state index < -0.39 is 0 Å². The van der Waals surface area contributed by atoms with Crippen molar-refractivity contribution in [2.24, 2.45) is 0 Å². The molecule has 2 aromatic heterocycles. The maximum absolute atomic E-state index is 12.4. The second kappa shape index (κ2) is 6.39. The van der Waals surface area contributed by atoms with Crippen LogP contribution in [0.2, 0.25) is 0 Å². The van der Waals surface area contributed by atoms with E-state index in [0.717, 1.165) is 18.2 Å². The Morgan fingerprint density at radius 2 is 2.22 bits per heavy atom. The van der Waals surface area contributed by atoms with Crippen LogP contribution in [0, 0.1) is 0 Å². The first-order valence-electron chi connectivity index (χ1n) is 8.01. The van der Waals surface area contributed by atoms with Crippen LogP contribution in [0.15, 0.2) is 18.7 Å². The number of imidazole rings is 1. The van der Waals surface area contributed by atoms with Gasteiger partial charge in [-0.05, 0) is 6.92 Å². The van der Waals surface area contributed by atoms with E-state index in [9.17, 15) is 4.79 Å². The van der Waals surface area contributed by atoms with E-state index in [4.69, 9.17) is 0 Å². The Hall–Kier alpha value is -2.38. The molecule has 0 bridgehead atoms. The molecule has 1 aliphatic rings. The van der Waals surface area contributed by atoms with Crippen molar-refractivity contribution in [3.05, 3.63) is 30.4 Å². The third-order valence-corrected chi connectivity index (χ3v) is 4.20. The summed E-state index contributed by atoms with van der Waals surface area (Å²) < 4.78 is 4.08. The lowest BCUT2D eigenvalue weighted by Gasteiger charge is -2.34. The van der Waals surface area contributed by atoms with E-state index in [2.05, 4.69) is 38.9 Å². The molecule has 0 fully saturated rings. The van der Waals surface area contributed by atoms with Gasteiger partial charge in [-0.15, -0.1) is 10.2 Å². The van der Waals surface area contributed by atoms with Crippen LogP contribution in [0.3, 0.4) is 0 Å². The number of carbonyl (C=O) groups excluding carboxylic acids is 1. The van der Waals surface area contributed by atoms with Crippen molar-refractivity contribution >= 4 is 6.03 Å². The van der Waals surface area contributed by atoms with E-state index in [1.165, 1.54) is 0 Å². The van der Waals surface area contributed by atoms with Crippen molar-refractivity contribution in [2.75, 3.05) is 13.1 Å². The zero-order valence-electron chi connectivity index (χ0n) is 13.8. The number of hydrogen-bond donors (Lipinski definition) is 1. The summed E-state index contributed by atoms with van der Waals surface area (Å²) in [5.74, 6) is 2.19. The van der Waals surface area contributed by atoms with Crippen LogP contribution in [0.25, 0.3) is 0 Å². The molecule has 124 valence electrons. The molecule has 3 rings (SSSR count). The average molecular weight is 317 g/mol. The number of nitrogens with zero attached hydrogens (tertiary/aromatic N) is 6. The predicted molar refractivity (Wildman–Crippen MR) is 84.9 cm³/mol. The monoisotopic (exact) mass is 317 g/mol. The summed E-state index contributed by atoms with van der Waals surface area (Å²) in [4.78, 5) is 18.2. The molecule has 0 saturated carbocycles. The summed E-state index contributed by atoms with van der Waals surface area (Å²) in [6.07, 6.45) is 5.35. The Morgan fingerprint density at radius 3 is 2.91 bits per heavy atom. The minimum atomic E-state index is -0.0722. The highest BCUT2D eigenvalue weighted by Gasteiger charge is 2.31. The molecule has 1 aliphatic heterocycles. The number of aromatic nitrogens is 5. The third-order valence-electron chi connectivity index (χ3n) is 4.20. The minimum Gasteiger partial charge on any atom is -0.336 e. The standard InChI is InChI=1S/C15H23N7O/c1-11(2)13-18-19-14-12(3)21(8-9-22(13)14)15(23)17-5-7-20-6-4-16-10-20/h4,6,10-12H,5,7-9H2,1-3H3,(H,17,23). The second-order valence-corrected chi connectivity index (χ2v) is 6.12. The van der Waals surface area contributed by atoms with Gasteiger partial charge in [0, 0.05) is 44.5 Å². The van der Waals surface area contributed by atoms with Gasteiger partial charge in [0.1, 0.15) is 5.82 Å². The molecule has 1 N–H and O–H groups in total. The van der Waals surface area contributed by atoms with Gasteiger partial charge < -0.3 is 19.4 Å². The van der Waals surface area contributed by atoms with Gasteiger partial charge in [-0.25, -0.2) is 9.78 Å². The molecule has 8 heteroatoms. The Labute approximate surface area is 135 Å². The SMILES string of the molecule is CC(C)c1nnc2n1CCN(C(=O)NCCn1ccnc1)C2C. The lowest BCUT2D eigenvalue weighted by molar-refractivity contribution is 0.159. The van der Waals surface area contributed by atoms with Crippen molar-refractivity contribution in [1.82, 2.24) is 34.5 Å². The average Bonchev–Trinajstić information content (AvgIpc) is 3.16. The first kappa shape index (κ1) is 15.5. The van der Waals surface area contributed by atoms with Gasteiger partial charge in [0.15, 0.2) is 5.82 Å². The minimum absolute atomic E-state index is 0.0574. The first-order valence-corrected chi connectivity index (χ1v) is 8.01. The van der Waals surface area contributed by atoms with Crippen molar-refractivity contribution in [2.45, 2.75) is 45.8 Å². The Balaban J connectivity index is 1.61. The van der Waals surface area contributed by atoms with Crippen LogP contribution < -0.4 is 5.32 Å². The normalized spacial score (nSPS) is 17.4. The molecule has 1 unspecified atom stereocenters. The smallest absolute Gasteiger partial charge is 0.318 e. The lowest BCUT2D eigenvalue weighted by Crippen LogP contribution is -2.47. The highest BCUT2D eigenvalue weighted by molar-refractivity contribution is 5.74. The number of nitrogens with one attached hydrogen (secondary N) is 1. The number of rotatable bonds is 4. The van der Waals surface area contributed by atoms with E-state index in [1.54, 1.807) is 12.5 Å². The van der Waals surface area contributed by atoms with Crippen LogP contribution >= 0.6 is 0 Å². The molecular weight excluding hydrogens is 294 g/mol. The molecule has 0 saturated heterocycles. The zero-order valence-corrected chi connectivity index (χ0v) is 13.8. The van der Waals surface area contributed by atoms with Crippen molar-refractivity contribution < 1.29 is 4.79 Å². The molecule has 2 aromatic rings. The van der Waals surface area contributed by atoms with Gasteiger partial charge in [-0.1, -0.05) is 13.8 Å². The van der Waals surface area contributed by atoms with Crippen LogP contribution in [0.1, 0.15) is 44.4 Å². The lowest BCUT2D eigenvalue weighted by atomic mass is 10.1. The van der Waals surface area contributed by atoms with Gasteiger partial charge in [0.2, 0.25) is 0 Å². The molecule has 0 aliphatic carbocycles. The molecule has 23 heavy (non-hydrogen) atoms. The highest BCUT2D eigenvalue weighted by Crippen LogP contribution is 2.26. The largest absolute Gasteiger partial charge is 0.336 e. The van der Waals surface area contributed by atoms with Crippen LogP contribution in [-0.4, -0.2) is 48.3 Å². The predicted octanol–water partition coefficient (Wildman–Crippen LogP) is 1.38. The molecule has 3 heterocycles. The Morgan fingerprint density at radius 1 is 1.39 bits per heavy atom. The van der Waals surface area contributed by atoms with E-state index in [1.807, 2.05) is 22.6 Å². The highest BCUT2D eigenvalue weighted by atomic mass is 16.2. The van der Waals surface area contributed by atoms with Crippen molar-refractivity contribution in [3.8, 4) is 0 Å². The topological polar surface area (TPSA) is 80.9 Å². The van der Waals surface area contributed by atoms with Gasteiger partial charge in [-0.3, -0.25) is 0 Å². The number of urea groups is 1. The van der Waals surface area contributed by atoms with Crippen molar-refractivity contribution in [3.63, 3.8) is 0 Å². The van der Waals surface area contributed by atoms with Crippen LogP contribution in [-0.2, 0) is 13.1 Å². The fourth-order valence-electron chi connectivity index (χ4n) is 2.92. The maximum atomic E-state index is 12.4. The first-order chi connectivity index (χ1) is 11.1. The fraction of sp³-hybridized carbons (Fsp3) is 0.600. The molecule has 0 radical (unpaired) electrons. The van der Waals surface area contributed by atoms with E-state index in [0.29, 0.717) is 25.6 Å². The van der Waals surface area contributed by atoms with Crippen molar-refractivity contribution in [1.29, 1.82) is 0 Å². The van der Waals surface area contributed by atoms with Gasteiger partial charge in [0.25, 0.3) is 0 Å². The fourth-order valence-corrected chi connectivity index (χ4v) is 2.92. The summed E-state index contributed by atoms with van der Waals surface area (Å²) in [5, 5.41) is 11.5. The van der Waals surface area contributed by atoms with Gasteiger partial charge >= 0.3 is 6.03 Å². The summed E-state index contributed by atoms with van der Waals surface area (Å²) >= 11 is 0. The molecule has 1 atom stereocenters. The quantitative estimate of drug-likeness (QED) is 0.924. The number of hydrogen-bond acceptors (Lipinski definition) is 4. The zero-order chi connectivity index (χ0) is 16.4. The van der Waals surface area contributed by atoms with E-state index in [-0.39, 0.29) is 12.1 Å². The number of carbonyl (C=O) groups is 1. The Bertz CT molecular complexity index is 661. The summed E-state index contributed by atoms with van der Waals surface area (Å²) in [6, 6.07) is -0.130. The van der Waals surface area contributed by atoms with Gasteiger partial charge in [0.05, 0.1) is 12.4 Å². The van der Waals surface area contributed by atoms with Gasteiger partial charge in [-0.2, -0.15) is 0 Å². The van der Waals surface area contributed by atoms with Crippen LogP contribution in [0.5, 0.6) is 0 Å². The molecule has 2 amide bonds.